The van der Waals surface area contributed by atoms with Crippen molar-refractivity contribution >= 4 is 22.6 Å². The van der Waals surface area contributed by atoms with Gasteiger partial charge in [-0.3, -0.25) is 0 Å². The minimum Gasteiger partial charge on any atom is -0.330 e. The highest BCUT2D eigenvalue weighted by atomic mass is 127. The monoisotopic (exact) mass is 604 g/mol. The van der Waals surface area contributed by atoms with Crippen LogP contribution in [-0.4, -0.2) is 36.6 Å². The minimum absolute atomic E-state index is 0.401. The summed E-state index contributed by atoms with van der Waals surface area (Å²) < 4.78 is 2.29. The van der Waals surface area contributed by atoms with Gasteiger partial charge in [0.05, 0.1) is 27.7 Å². The SMILES string of the molecule is C=CC1CC(C=C)C(CCCCC2CC(/C=C\C3CC(C=C)CC3(CI)C[N+](C)(C)C)CC2C=C)C1. The zero-order chi connectivity index (χ0) is 26.3. The van der Waals surface area contributed by atoms with Crippen LogP contribution in [0.15, 0.2) is 62.8 Å². The van der Waals surface area contributed by atoms with E-state index < -0.39 is 0 Å². The lowest BCUT2D eigenvalue weighted by Crippen LogP contribution is -2.47. The van der Waals surface area contributed by atoms with Crippen LogP contribution in [0.4, 0.5) is 0 Å². The third-order valence-corrected chi connectivity index (χ3v) is 11.4. The molecule has 9 unspecified atom stereocenters. The number of alkyl halides is 1. The van der Waals surface area contributed by atoms with Gasteiger partial charge in [-0.25, -0.2) is 0 Å². The first-order valence-electron chi connectivity index (χ1n) is 14.7. The number of rotatable bonds is 14. The summed E-state index contributed by atoms with van der Waals surface area (Å²) in [6, 6.07) is 0. The van der Waals surface area contributed by atoms with E-state index in [4.69, 9.17) is 0 Å². The lowest BCUT2D eigenvalue weighted by molar-refractivity contribution is -0.877. The first kappa shape index (κ1) is 29.9. The van der Waals surface area contributed by atoms with Crippen LogP contribution in [0.2, 0.25) is 0 Å². The van der Waals surface area contributed by atoms with Gasteiger partial charge in [0.25, 0.3) is 0 Å². The molecule has 2 heteroatoms. The second-order valence-electron chi connectivity index (χ2n) is 13.7. The molecule has 0 aromatic rings. The van der Waals surface area contributed by atoms with Crippen molar-refractivity contribution in [3.05, 3.63) is 62.8 Å². The Morgan fingerprint density at radius 1 is 0.722 bits per heavy atom. The summed E-state index contributed by atoms with van der Waals surface area (Å²) in [7, 11) is 7.07. The molecule has 3 rings (SSSR count). The third kappa shape index (κ3) is 7.71. The van der Waals surface area contributed by atoms with E-state index in [-0.39, 0.29) is 0 Å². The van der Waals surface area contributed by atoms with Gasteiger partial charge in [-0.05, 0) is 98.7 Å². The van der Waals surface area contributed by atoms with Gasteiger partial charge in [-0.2, -0.15) is 0 Å². The van der Waals surface area contributed by atoms with Crippen molar-refractivity contribution in [1.82, 2.24) is 0 Å². The molecule has 3 aliphatic carbocycles. The van der Waals surface area contributed by atoms with Gasteiger partial charge < -0.3 is 4.48 Å². The van der Waals surface area contributed by atoms with Crippen LogP contribution in [0.3, 0.4) is 0 Å². The molecule has 36 heavy (non-hydrogen) atoms. The standard InChI is InChI=1S/C34H55IN/c1-8-26-18-29(10-3)31(19-26)14-12-13-15-32-21-28(20-30(32)11-4)16-17-33-22-27(9-2)23-34(33,24-35)25-36(5,6)7/h8-11,16-17,26-33H,1-4,12-15,18-25H2,5-7H3/q+1/b17-16-. The third-order valence-electron chi connectivity index (χ3n) is 9.93. The summed E-state index contributed by atoms with van der Waals surface area (Å²) in [5.41, 5.74) is 0.401. The van der Waals surface area contributed by atoms with E-state index in [1.807, 2.05) is 0 Å². The van der Waals surface area contributed by atoms with Crippen molar-refractivity contribution in [2.24, 2.45) is 52.8 Å². The molecule has 0 saturated heterocycles. The predicted octanol–water partition coefficient (Wildman–Crippen LogP) is 9.29. The number of nitrogens with zero attached hydrogens (tertiary/aromatic N) is 1. The molecule has 9 atom stereocenters. The molecule has 0 spiro atoms. The van der Waals surface area contributed by atoms with E-state index in [9.17, 15) is 0 Å². The summed E-state index contributed by atoms with van der Waals surface area (Å²) in [5, 5.41) is 0. The molecule has 1 nitrogen and oxygen atoms in total. The summed E-state index contributed by atoms with van der Waals surface area (Å²) in [5.74, 6) is 5.84. The molecular formula is C34H55IN+. The van der Waals surface area contributed by atoms with Crippen molar-refractivity contribution in [1.29, 1.82) is 0 Å². The van der Waals surface area contributed by atoms with Crippen LogP contribution >= 0.6 is 22.6 Å². The second-order valence-corrected chi connectivity index (χ2v) is 14.4. The predicted molar refractivity (Wildman–Crippen MR) is 168 cm³/mol. The molecule has 0 bridgehead atoms. The largest absolute Gasteiger partial charge is 0.330 e. The summed E-state index contributed by atoms with van der Waals surface area (Å²) in [4.78, 5) is 0. The Morgan fingerprint density at radius 2 is 1.28 bits per heavy atom. The van der Waals surface area contributed by atoms with E-state index >= 15 is 0 Å². The van der Waals surface area contributed by atoms with Crippen molar-refractivity contribution in [3.63, 3.8) is 0 Å². The van der Waals surface area contributed by atoms with E-state index in [1.54, 1.807) is 0 Å². The van der Waals surface area contributed by atoms with Gasteiger partial charge in [-0.15, -0.1) is 26.3 Å². The van der Waals surface area contributed by atoms with Crippen molar-refractivity contribution in [2.45, 2.75) is 64.2 Å². The Kier molecular flexibility index (Phi) is 11.2. The Balaban J connectivity index is 1.53. The average molecular weight is 605 g/mol. The molecule has 0 radical (unpaired) electrons. The van der Waals surface area contributed by atoms with Gasteiger partial charge in [-0.1, -0.05) is 71.9 Å². The van der Waals surface area contributed by atoms with Crippen LogP contribution in [0.1, 0.15) is 64.2 Å². The van der Waals surface area contributed by atoms with Gasteiger partial charge in [0.1, 0.15) is 0 Å². The van der Waals surface area contributed by atoms with Crippen LogP contribution in [0, 0.1) is 52.8 Å². The maximum Gasteiger partial charge on any atom is 0.0850 e. The summed E-state index contributed by atoms with van der Waals surface area (Å²) >= 11 is 2.66. The van der Waals surface area contributed by atoms with Crippen molar-refractivity contribution in [3.8, 4) is 0 Å². The number of hydrogen-bond acceptors (Lipinski definition) is 0. The van der Waals surface area contributed by atoms with Crippen LogP contribution in [0.25, 0.3) is 0 Å². The molecule has 0 aliphatic heterocycles. The lowest BCUT2D eigenvalue weighted by Gasteiger charge is -2.39. The van der Waals surface area contributed by atoms with Crippen molar-refractivity contribution in [2.75, 3.05) is 32.1 Å². The van der Waals surface area contributed by atoms with Crippen LogP contribution in [0.5, 0.6) is 0 Å². The highest BCUT2D eigenvalue weighted by molar-refractivity contribution is 14.1. The molecule has 3 fully saturated rings. The van der Waals surface area contributed by atoms with Gasteiger partial charge in [0.15, 0.2) is 0 Å². The maximum atomic E-state index is 4.23. The first-order valence-corrected chi connectivity index (χ1v) is 16.2. The van der Waals surface area contributed by atoms with Gasteiger partial charge >= 0.3 is 0 Å². The Hall–Kier alpha value is -0.610. The number of quaternary nitrogens is 1. The summed E-state index contributed by atoms with van der Waals surface area (Å²) in [6.07, 6.45) is 27.5. The smallest absolute Gasteiger partial charge is 0.0850 e. The number of halogens is 1. The molecule has 0 N–H and O–H groups in total. The molecule has 202 valence electrons. The molecule has 0 amide bonds. The van der Waals surface area contributed by atoms with E-state index in [0.717, 1.165) is 22.2 Å². The fourth-order valence-corrected chi connectivity index (χ4v) is 9.33. The highest BCUT2D eigenvalue weighted by Gasteiger charge is 2.48. The van der Waals surface area contributed by atoms with Crippen molar-refractivity contribution < 1.29 is 4.48 Å². The zero-order valence-electron chi connectivity index (χ0n) is 23.7. The Labute approximate surface area is 238 Å². The van der Waals surface area contributed by atoms with Crippen LogP contribution in [-0.2, 0) is 0 Å². The maximum absolute atomic E-state index is 4.23. The molecule has 3 saturated carbocycles. The van der Waals surface area contributed by atoms with E-state index in [0.29, 0.717) is 35.0 Å². The van der Waals surface area contributed by atoms with Gasteiger partial charge in [0, 0.05) is 9.84 Å². The van der Waals surface area contributed by atoms with Gasteiger partial charge in [0.2, 0.25) is 0 Å². The Bertz CT molecular complexity index is 775. The highest BCUT2D eigenvalue weighted by Crippen LogP contribution is 2.51. The quantitative estimate of drug-likeness (QED) is 0.0610. The fraction of sp³-hybridized carbons (Fsp3) is 0.706. The normalized spacial score (nSPS) is 39.0. The number of hydrogen-bond donors (Lipinski definition) is 0. The number of unbranched alkanes of at least 4 members (excludes halogenated alkanes) is 1. The second kappa shape index (κ2) is 13.5. The number of allylic oxidation sites excluding steroid dienone is 6. The molecule has 0 aromatic heterocycles. The topological polar surface area (TPSA) is 0 Å². The first-order chi connectivity index (χ1) is 17.2. The lowest BCUT2D eigenvalue weighted by atomic mass is 9.78. The molecule has 0 heterocycles. The minimum atomic E-state index is 0.401. The van der Waals surface area contributed by atoms with E-state index in [2.05, 4.69) is 107 Å². The average Bonchev–Trinajstić information content (AvgIpc) is 3.54. The molecule has 0 aromatic carbocycles. The Morgan fingerprint density at radius 3 is 1.78 bits per heavy atom. The zero-order valence-corrected chi connectivity index (χ0v) is 25.9. The van der Waals surface area contributed by atoms with E-state index in [1.165, 1.54) is 75.2 Å². The van der Waals surface area contributed by atoms with Crippen LogP contribution < -0.4 is 0 Å². The summed E-state index contributed by atoms with van der Waals surface area (Å²) in [6.45, 7) is 17.8. The molecular weight excluding hydrogens is 549 g/mol. The molecule has 3 aliphatic rings. The fourth-order valence-electron chi connectivity index (χ4n) is 8.22.